The topological polar surface area (TPSA) is 38.1 Å². The number of aromatic nitrogens is 2. The van der Waals surface area contributed by atoms with Gasteiger partial charge in [0.2, 0.25) is 5.91 Å². The summed E-state index contributed by atoms with van der Waals surface area (Å²) in [5.74, 6) is 0.00709. The van der Waals surface area contributed by atoms with Crippen LogP contribution in [-0.2, 0) is 4.79 Å². The summed E-state index contributed by atoms with van der Waals surface area (Å²) in [5.41, 5.74) is 3.71. The number of hydrogen-bond donors (Lipinski definition) is 0. The number of benzene rings is 2. The van der Waals surface area contributed by atoms with Crippen LogP contribution in [0.5, 0.6) is 0 Å². The molecule has 0 spiro atoms. The van der Waals surface area contributed by atoms with Gasteiger partial charge in [0.15, 0.2) is 0 Å². The molecule has 0 bridgehead atoms. The molecule has 27 heavy (non-hydrogen) atoms. The van der Waals surface area contributed by atoms with Crippen LogP contribution in [-0.4, -0.2) is 33.7 Å². The van der Waals surface area contributed by atoms with Gasteiger partial charge in [-0.25, -0.2) is 4.68 Å². The summed E-state index contributed by atoms with van der Waals surface area (Å²) in [7, 11) is 0. The predicted molar refractivity (Wildman–Crippen MR) is 114 cm³/mol. The Hall–Kier alpha value is -2.66. The Kier molecular flexibility index (Phi) is 6.24. The minimum absolute atomic E-state index is 0.00709. The Morgan fingerprint density at radius 2 is 1.85 bits per heavy atom. The third-order valence-electron chi connectivity index (χ3n) is 4.34. The zero-order valence-electron chi connectivity index (χ0n) is 15.5. The Labute approximate surface area is 168 Å². The summed E-state index contributed by atoms with van der Waals surface area (Å²) in [6, 6.07) is 18.0. The van der Waals surface area contributed by atoms with Crippen molar-refractivity contribution in [2.75, 3.05) is 13.1 Å². The number of carbonyl (C=O) groups is 1. The molecule has 0 atom stereocenters. The first-order valence-corrected chi connectivity index (χ1v) is 9.79. The van der Waals surface area contributed by atoms with E-state index in [9.17, 15) is 4.79 Å². The van der Waals surface area contributed by atoms with Crippen LogP contribution in [0.3, 0.4) is 0 Å². The van der Waals surface area contributed by atoms with E-state index in [4.69, 9.17) is 5.10 Å². The van der Waals surface area contributed by atoms with Crippen LogP contribution in [0.25, 0.3) is 23.0 Å². The van der Waals surface area contributed by atoms with Crippen molar-refractivity contribution in [2.24, 2.45) is 0 Å². The molecule has 0 aliphatic heterocycles. The molecule has 0 aliphatic carbocycles. The molecule has 0 aliphatic rings. The molecule has 1 amide bonds. The number of likely N-dealkylation sites (N-methyl/N-ethyl adjacent to an activating group) is 1. The molecule has 1 aromatic heterocycles. The first kappa shape index (κ1) is 19.1. The van der Waals surface area contributed by atoms with Gasteiger partial charge in [-0.05, 0) is 44.2 Å². The predicted octanol–water partition coefficient (Wildman–Crippen LogP) is 5.18. The fourth-order valence-corrected chi connectivity index (χ4v) is 3.28. The fraction of sp³-hybridized carbons (Fsp3) is 0.182. The van der Waals surface area contributed by atoms with Crippen molar-refractivity contribution in [3.63, 3.8) is 0 Å². The normalized spacial score (nSPS) is 11.1. The Balaban J connectivity index is 2.03. The monoisotopic (exact) mass is 423 g/mol. The Morgan fingerprint density at radius 1 is 1.11 bits per heavy atom. The Morgan fingerprint density at radius 3 is 2.52 bits per heavy atom. The van der Waals surface area contributed by atoms with E-state index in [0.717, 1.165) is 27.0 Å². The van der Waals surface area contributed by atoms with Crippen molar-refractivity contribution >= 4 is 27.9 Å². The summed E-state index contributed by atoms with van der Waals surface area (Å²) in [5, 5.41) is 4.77. The van der Waals surface area contributed by atoms with Crippen LogP contribution in [0.15, 0.2) is 71.3 Å². The fourth-order valence-electron chi connectivity index (χ4n) is 2.88. The van der Waals surface area contributed by atoms with E-state index >= 15 is 0 Å². The minimum atomic E-state index is 0.00709. The largest absolute Gasteiger partial charge is 0.340 e. The minimum Gasteiger partial charge on any atom is -0.340 e. The maximum absolute atomic E-state index is 12.4. The molecule has 3 rings (SSSR count). The summed E-state index contributed by atoms with van der Waals surface area (Å²) in [6.07, 6.45) is 5.43. The summed E-state index contributed by atoms with van der Waals surface area (Å²) < 4.78 is 2.83. The van der Waals surface area contributed by atoms with E-state index in [1.54, 1.807) is 11.0 Å². The van der Waals surface area contributed by atoms with E-state index in [0.29, 0.717) is 13.1 Å². The lowest BCUT2D eigenvalue weighted by Crippen LogP contribution is -2.28. The highest BCUT2D eigenvalue weighted by molar-refractivity contribution is 9.10. The first-order valence-electron chi connectivity index (χ1n) is 9.00. The van der Waals surface area contributed by atoms with Gasteiger partial charge in [0.1, 0.15) is 0 Å². The van der Waals surface area contributed by atoms with Gasteiger partial charge in [-0.3, -0.25) is 4.79 Å². The molecular formula is C22H22BrN3O. The molecule has 4 nitrogen and oxygen atoms in total. The number of amides is 1. The van der Waals surface area contributed by atoms with Crippen LogP contribution < -0.4 is 0 Å². The van der Waals surface area contributed by atoms with Crippen molar-refractivity contribution in [1.29, 1.82) is 0 Å². The highest BCUT2D eigenvalue weighted by Gasteiger charge is 2.12. The standard InChI is InChI=1S/C22H22BrN3O/c1-3-25(4-2)21(27)14-13-18-16-26(20-11-6-5-7-12-20)24-22(18)17-9-8-10-19(23)15-17/h5-16H,3-4H2,1-2H3/b14-13+. The maximum atomic E-state index is 12.4. The summed E-state index contributed by atoms with van der Waals surface area (Å²) in [4.78, 5) is 14.2. The SMILES string of the molecule is CCN(CC)C(=O)/C=C/c1cn(-c2ccccc2)nc1-c1cccc(Br)c1. The van der Waals surface area contributed by atoms with E-state index < -0.39 is 0 Å². The van der Waals surface area contributed by atoms with Crippen LogP contribution in [0.4, 0.5) is 0 Å². The van der Waals surface area contributed by atoms with Gasteiger partial charge in [-0.2, -0.15) is 5.10 Å². The second-order valence-corrected chi connectivity index (χ2v) is 6.98. The molecule has 0 unspecified atom stereocenters. The molecule has 3 aromatic rings. The van der Waals surface area contributed by atoms with Gasteiger partial charge in [0, 0.05) is 41.0 Å². The molecular weight excluding hydrogens is 402 g/mol. The zero-order chi connectivity index (χ0) is 19.2. The molecule has 0 saturated heterocycles. The number of para-hydroxylation sites is 1. The zero-order valence-corrected chi connectivity index (χ0v) is 17.1. The molecule has 1 heterocycles. The average Bonchev–Trinajstić information content (AvgIpc) is 3.12. The Bertz CT molecular complexity index is 943. The number of halogens is 1. The van der Waals surface area contributed by atoms with Crippen LogP contribution in [0.1, 0.15) is 19.4 Å². The third kappa shape index (κ3) is 4.55. The lowest BCUT2D eigenvalue weighted by atomic mass is 10.1. The van der Waals surface area contributed by atoms with Gasteiger partial charge >= 0.3 is 0 Å². The average molecular weight is 424 g/mol. The molecule has 0 N–H and O–H groups in total. The second-order valence-electron chi connectivity index (χ2n) is 6.07. The lowest BCUT2D eigenvalue weighted by molar-refractivity contribution is -0.125. The molecule has 0 radical (unpaired) electrons. The first-order chi connectivity index (χ1) is 13.1. The number of hydrogen-bond acceptors (Lipinski definition) is 2. The van der Waals surface area contributed by atoms with Gasteiger partial charge in [0.25, 0.3) is 0 Å². The van der Waals surface area contributed by atoms with Crippen molar-refractivity contribution in [2.45, 2.75) is 13.8 Å². The molecule has 0 fully saturated rings. The van der Waals surface area contributed by atoms with Gasteiger partial charge in [-0.1, -0.05) is 46.3 Å². The highest BCUT2D eigenvalue weighted by Crippen LogP contribution is 2.27. The van der Waals surface area contributed by atoms with E-state index in [-0.39, 0.29) is 5.91 Å². The van der Waals surface area contributed by atoms with E-state index in [1.807, 2.05) is 85.4 Å². The summed E-state index contributed by atoms with van der Waals surface area (Å²) in [6.45, 7) is 5.36. The maximum Gasteiger partial charge on any atom is 0.246 e. The van der Waals surface area contributed by atoms with E-state index in [1.165, 1.54) is 0 Å². The summed E-state index contributed by atoms with van der Waals surface area (Å²) >= 11 is 3.52. The van der Waals surface area contributed by atoms with Crippen LogP contribution in [0, 0.1) is 0 Å². The van der Waals surface area contributed by atoms with Crippen molar-refractivity contribution < 1.29 is 4.79 Å². The molecule has 2 aromatic carbocycles. The number of carbonyl (C=O) groups excluding carboxylic acids is 1. The van der Waals surface area contributed by atoms with Gasteiger partial charge < -0.3 is 4.90 Å². The smallest absolute Gasteiger partial charge is 0.246 e. The molecule has 0 saturated carbocycles. The number of rotatable bonds is 6. The van der Waals surface area contributed by atoms with Crippen molar-refractivity contribution in [3.8, 4) is 16.9 Å². The van der Waals surface area contributed by atoms with E-state index in [2.05, 4.69) is 15.9 Å². The highest BCUT2D eigenvalue weighted by atomic mass is 79.9. The molecule has 5 heteroatoms. The third-order valence-corrected chi connectivity index (χ3v) is 4.84. The van der Waals surface area contributed by atoms with Crippen molar-refractivity contribution in [3.05, 3.63) is 76.9 Å². The molecule has 138 valence electrons. The second kappa shape index (κ2) is 8.82. The number of nitrogens with zero attached hydrogens (tertiary/aromatic N) is 3. The quantitative estimate of drug-likeness (QED) is 0.512. The van der Waals surface area contributed by atoms with Crippen molar-refractivity contribution in [1.82, 2.24) is 14.7 Å². The van der Waals surface area contributed by atoms with Gasteiger partial charge in [0.05, 0.1) is 11.4 Å². The van der Waals surface area contributed by atoms with Crippen LogP contribution in [0.2, 0.25) is 0 Å². The van der Waals surface area contributed by atoms with Crippen LogP contribution >= 0.6 is 15.9 Å². The lowest BCUT2D eigenvalue weighted by Gasteiger charge is -2.15. The van der Waals surface area contributed by atoms with Gasteiger partial charge in [-0.15, -0.1) is 0 Å².